The minimum atomic E-state index is -0.231. The molecule has 0 spiro atoms. The van der Waals surface area contributed by atoms with Gasteiger partial charge in [-0.3, -0.25) is 9.59 Å². The molecule has 2 aromatic rings. The lowest BCUT2D eigenvalue weighted by molar-refractivity contribution is -0.121. The van der Waals surface area contributed by atoms with Crippen molar-refractivity contribution >= 4 is 17.5 Å². The number of benzene rings is 1. The second-order valence-electron chi connectivity index (χ2n) is 6.41. The Labute approximate surface area is 153 Å². The zero-order chi connectivity index (χ0) is 18.7. The molecular formula is C20H23N3O3. The molecule has 1 aliphatic heterocycles. The number of aromatic nitrogens is 1. The maximum Gasteiger partial charge on any atom is 0.260 e. The second-order valence-corrected chi connectivity index (χ2v) is 6.41. The van der Waals surface area contributed by atoms with Crippen LogP contribution in [0.4, 0.5) is 5.69 Å². The first-order valence-electron chi connectivity index (χ1n) is 8.77. The van der Waals surface area contributed by atoms with E-state index in [1.807, 2.05) is 45.0 Å². The van der Waals surface area contributed by atoms with Gasteiger partial charge in [0.25, 0.3) is 5.91 Å². The van der Waals surface area contributed by atoms with Gasteiger partial charge in [-0.05, 0) is 45.0 Å². The molecule has 2 amide bonds. The number of carbonyl (C=O) groups is 2. The molecule has 0 saturated carbocycles. The minimum Gasteiger partial charge on any atom is -0.477 e. The molecule has 6 heteroatoms. The minimum absolute atomic E-state index is 0.0360. The van der Waals surface area contributed by atoms with Gasteiger partial charge in [-0.2, -0.15) is 0 Å². The van der Waals surface area contributed by atoms with Crippen molar-refractivity contribution in [1.82, 2.24) is 9.88 Å². The lowest BCUT2D eigenvalue weighted by Crippen LogP contribution is -2.57. The lowest BCUT2D eigenvalue weighted by Gasteiger charge is -2.39. The largest absolute Gasteiger partial charge is 0.477 e. The van der Waals surface area contributed by atoms with Crippen LogP contribution in [0.1, 0.15) is 29.8 Å². The van der Waals surface area contributed by atoms with E-state index < -0.39 is 0 Å². The summed E-state index contributed by atoms with van der Waals surface area (Å²) < 4.78 is 5.46. The van der Waals surface area contributed by atoms with Crippen LogP contribution in [0.5, 0.6) is 5.88 Å². The molecule has 0 aliphatic carbocycles. The molecule has 6 nitrogen and oxygen atoms in total. The van der Waals surface area contributed by atoms with Gasteiger partial charge in [0.1, 0.15) is 12.1 Å². The molecule has 1 aliphatic rings. The van der Waals surface area contributed by atoms with Crippen LogP contribution < -0.4 is 9.64 Å². The fourth-order valence-electron chi connectivity index (χ4n) is 3.06. The number of anilines is 1. The molecule has 1 aromatic carbocycles. The number of aryl methyl sites for hydroxylation is 1. The van der Waals surface area contributed by atoms with Crippen LogP contribution in [0, 0.1) is 6.92 Å². The van der Waals surface area contributed by atoms with E-state index in [9.17, 15) is 9.59 Å². The molecule has 1 saturated heterocycles. The van der Waals surface area contributed by atoms with Gasteiger partial charge in [0.05, 0.1) is 6.61 Å². The van der Waals surface area contributed by atoms with E-state index in [-0.39, 0.29) is 24.4 Å². The molecule has 0 radical (unpaired) electrons. The third-order valence-corrected chi connectivity index (χ3v) is 4.47. The van der Waals surface area contributed by atoms with Crippen LogP contribution in [-0.4, -0.2) is 47.4 Å². The standard InChI is InChI=1S/C20H23N3O3/c1-4-26-19-17(6-5-11-21-19)20(25)22-13-18(24)23(12-15(22)3)16-9-7-14(2)8-10-16/h5-11,15H,4,12-13H2,1-3H3/t15-/m0/s1. The van der Waals surface area contributed by atoms with Crippen molar-refractivity contribution in [2.45, 2.75) is 26.8 Å². The quantitative estimate of drug-likeness (QED) is 0.848. The third kappa shape index (κ3) is 3.54. The number of hydrogen-bond acceptors (Lipinski definition) is 4. The zero-order valence-corrected chi connectivity index (χ0v) is 15.3. The number of carbonyl (C=O) groups excluding carboxylic acids is 2. The second kappa shape index (κ2) is 7.56. The normalized spacial score (nSPS) is 17.3. The summed E-state index contributed by atoms with van der Waals surface area (Å²) in [6, 6.07) is 11.1. The SMILES string of the molecule is CCOc1ncccc1C(=O)N1CC(=O)N(c2ccc(C)cc2)C[C@@H]1C. The van der Waals surface area contributed by atoms with Gasteiger partial charge in [0.2, 0.25) is 11.8 Å². The van der Waals surface area contributed by atoms with E-state index in [2.05, 4.69) is 4.98 Å². The maximum absolute atomic E-state index is 13.0. The smallest absolute Gasteiger partial charge is 0.260 e. The zero-order valence-electron chi connectivity index (χ0n) is 15.3. The molecule has 0 N–H and O–H groups in total. The summed E-state index contributed by atoms with van der Waals surface area (Å²) in [5, 5.41) is 0. The topological polar surface area (TPSA) is 62.7 Å². The molecule has 0 bridgehead atoms. The number of amides is 2. The Morgan fingerprint density at radius 1 is 1.27 bits per heavy atom. The van der Waals surface area contributed by atoms with Crippen LogP contribution in [-0.2, 0) is 4.79 Å². The van der Waals surface area contributed by atoms with E-state index in [1.165, 1.54) is 0 Å². The number of nitrogens with zero attached hydrogens (tertiary/aromatic N) is 3. The van der Waals surface area contributed by atoms with Gasteiger partial charge in [-0.15, -0.1) is 0 Å². The summed E-state index contributed by atoms with van der Waals surface area (Å²) in [7, 11) is 0. The van der Waals surface area contributed by atoms with Crippen molar-refractivity contribution < 1.29 is 14.3 Å². The van der Waals surface area contributed by atoms with Gasteiger partial charge < -0.3 is 14.5 Å². The summed E-state index contributed by atoms with van der Waals surface area (Å²) >= 11 is 0. The average molecular weight is 353 g/mol. The highest BCUT2D eigenvalue weighted by molar-refractivity contribution is 6.02. The van der Waals surface area contributed by atoms with Crippen molar-refractivity contribution in [3.05, 3.63) is 53.7 Å². The van der Waals surface area contributed by atoms with Crippen molar-refractivity contribution in [2.24, 2.45) is 0 Å². The molecule has 26 heavy (non-hydrogen) atoms. The van der Waals surface area contributed by atoms with Crippen molar-refractivity contribution in [3.63, 3.8) is 0 Å². The first-order valence-corrected chi connectivity index (χ1v) is 8.77. The fourth-order valence-corrected chi connectivity index (χ4v) is 3.06. The van der Waals surface area contributed by atoms with Crippen LogP contribution in [0.2, 0.25) is 0 Å². The predicted octanol–water partition coefficient (Wildman–Crippen LogP) is 2.67. The first kappa shape index (κ1) is 17.9. The molecule has 1 aromatic heterocycles. The molecule has 136 valence electrons. The Hall–Kier alpha value is -2.89. The van der Waals surface area contributed by atoms with Crippen molar-refractivity contribution in [3.8, 4) is 5.88 Å². The molecule has 0 unspecified atom stereocenters. The number of hydrogen-bond donors (Lipinski definition) is 0. The van der Waals surface area contributed by atoms with Gasteiger partial charge in [-0.1, -0.05) is 17.7 Å². The third-order valence-electron chi connectivity index (χ3n) is 4.47. The highest BCUT2D eigenvalue weighted by Gasteiger charge is 2.34. The summed E-state index contributed by atoms with van der Waals surface area (Å²) in [6.45, 7) is 6.71. The van der Waals surface area contributed by atoms with Gasteiger partial charge in [-0.25, -0.2) is 4.98 Å². The molecule has 1 atom stereocenters. The van der Waals surface area contributed by atoms with Gasteiger partial charge in [0.15, 0.2) is 0 Å². The Morgan fingerprint density at radius 3 is 2.69 bits per heavy atom. The Morgan fingerprint density at radius 2 is 2.00 bits per heavy atom. The van der Waals surface area contributed by atoms with E-state index in [4.69, 9.17) is 4.74 Å². The first-order chi connectivity index (χ1) is 12.5. The summed E-state index contributed by atoms with van der Waals surface area (Å²) in [5.74, 6) is -0.0197. The summed E-state index contributed by atoms with van der Waals surface area (Å²) in [5.41, 5.74) is 2.39. The highest BCUT2D eigenvalue weighted by Crippen LogP contribution is 2.24. The highest BCUT2D eigenvalue weighted by atomic mass is 16.5. The monoisotopic (exact) mass is 353 g/mol. The molecule has 3 rings (SSSR count). The number of pyridine rings is 1. The van der Waals surface area contributed by atoms with E-state index in [0.29, 0.717) is 24.6 Å². The average Bonchev–Trinajstić information content (AvgIpc) is 2.64. The van der Waals surface area contributed by atoms with Crippen molar-refractivity contribution in [2.75, 3.05) is 24.6 Å². The van der Waals surface area contributed by atoms with Crippen LogP contribution in [0.15, 0.2) is 42.6 Å². The molecular weight excluding hydrogens is 330 g/mol. The number of piperazine rings is 1. The van der Waals surface area contributed by atoms with Gasteiger partial charge in [0, 0.05) is 24.5 Å². The van der Waals surface area contributed by atoms with Crippen LogP contribution >= 0.6 is 0 Å². The van der Waals surface area contributed by atoms with Crippen LogP contribution in [0.3, 0.4) is 0 Å². The number of rotatable bonds is 4. The Kier molecular flexibility index (Phi) is 5.21. The van der Waals surface area contributed by atoms with Gasteiger partial charge >= 0.3 is 0 Å². The Bertz CT molecular complexity index is 804. The number of ether oxygens (including phenoxy) is 1. The molecule has 2 heterocycles. The van der Waals surface area contributed by atoms with Crippen molar-refractivity contribution in [1.29, 1.82) is 0 Å². The summed E-state index contributed by atoms with van der Waals surface area (Å²) in [6.07, 6.45) is 1.59. The lowest BCUT2D eigenvalue weighted by atomic mass is 10.1. The van der Waals surface area contributed by atoms with Crippen LogP contribution in [0.25, 0.3) is 0 Å². The fraction of sp³-hybridized carbons (Fsp3) is 0.350. The predicted molar refractivity (Wildman–Crippen MR) is 99.4 cm³/mol. The van der Waals surface area contributed by atoms with E-state index >= 15 is 0 Å². The van der Waals surface area contributed by atoms with E-state index in [1.54, 1.807) is 28.1 Å². The van der Waals surface area contributed by atoms with E-state index in [0.717, 1.165) is 11.3 Å². The molecule has 1 fully saturated rings. The maximum atomic E-state index is 13.0. The summed E-state index contributed by atoms with van der Waals surface area (Å²) in [4.78, 5) is 33.1. The Balaban J connectivity index is 1.80.